The summed E-state index contributed by atoms with van der Waals surface area (Å²) in [7, 11) is 0. The van der Waals surface area contributed by atoms with Gasteiger partial charge in [0, 0.05) is 44.0 Å². The van der Waals surface area contributed by atoms with Crippen LogP contribution in [-0.2, 0) is 6.54 Å². The van der Waals surface area contributed by atoms with Gasteiger partial charge in [-0.1, -0.05) is 30.3 Å². The lowest BCUT2D eigenvalue weighted by atomic mass is 10.1. The third kappa shape index (κ3) is 3.37. The van der Waals surface area contributed by atoms with Gasteiger partial charge in [-0.2, -0.15) is 0 Å². The van der Waals surface area contributed by atoms with Crippen molar-refractivity contribution in [1.29, 1.82) is 0 Å². The molecule has 0 bridgehead atoms. The number of aldehydes is 1. The standard InChI is InChI=1S/C19H22N2O/c1-16-13-19(8-7-18(16)15-22)21-11-9-20(10-12-21)14-17-5-3-2-4-6-17/h2-8,13,15H,9-12,14H2,1H3. The Bertz CT molecular complexity index is 631. The van der Waals surface area contributed by atoms with Crippen LogP contribution in [0.5, 0.6) is 0 Å². The fraction of sp³-hybridized carbons (Fsp3) is 0.316. The lowest BCUT2D eigenvalue weighted by Crippen LogP contribution is -2.46. The van der Waals surface area contributed by atoms with E-state index in [9.17, 15) is 4.79 Å². The smallest absolute Gasteiger partial charge is 0.150 e. The normalized spacial score (nSPS) is 15.8. The van der Waals surface area contributed by atoms with E-state index in [2.05, 4.69) is 52.3 Å². The summed E-state index contributed by atoms with van der Waals surface area (Å²) in [5.74, 6) is 0. The summed E-state index contributed by atoms with van der Waals surface area (Å²) < 4.78 is 0. The molecule has 0 atom stereocenters. The molecule has 0 N–H and O–H groups in total. The summed E-state index contributed by atoms with van der Waals surface area (Å²) in [6, 6.07) is 16.7. The maximum absolute atomic E-state index is 10.9. The van der Waals surface area contributed by atoms with Gasteiger partial charge >= 0.3 is 0 Å². The van der Waals surface area contributed by atoms with Crippen LogP contribution in [0, 0.1) is 6.92 Å². The maximum Gasteiger partial charge on any atom is 0.150 e. The van der Waals surface area contributed by atoms with Gasteiger partial charge in [-0.3, -0.25) is 9.69 Å². The van der Waals surface area contributed by atoms with Crippen LogP contribution >= 0.6 is 0 Å². The molecule has 22 heavy (non-hydrogen) atoms. The number of anilines is 1. The predicted molar refractivity (Wildman–Crippen MR) is 90.5 cm³/mol. The van der Waals surface area contributed by atoms with Crippen molar-refractivity contribution in [3.8, 4) is 0 Å². The Hall–Kier alpha value is -2.13. The van der Waals surface area contributed by atoms with E-state index in [0.29, 0.717) is 0 Å². The van der Waals surface area contributed by atoms with Crippen molar-refractivity contribution < 1.29 is 4.79 Å². The fourth-order valence-electron chi connectivity index (χ4n) is 2.99. The summed E-state index contributed by atoms with van der Waals surface area (Å²) in [6.45, 7) is 7.24. The average molecular weight is 294 g/mol. The zero-order valence-electron chi connectivity index (χ0n) is 13.0. The quantitative estimate of drug-likeness (QED) is 0.809. The molecule has 0 saturated carbocycles. The largest absolute Gasteiger partial charge is 0.369 e. The lowest BCUT2D eigenvalue weighted by Gasteiger charge is -2.36. The van der Waals surface area contributed by atoms with Gasteiger partial charge in [0.05, 0.1) is 0 Å². The number of benzene rings is 2. The Morgan fingerprint density at radius 2 is 1.73 bits per heavy atom. The van der Waals surface area contributed by atoms with Gasteiger partial charge in [-0.05, 0) is 36.2 Å². The molecule has 0 radical (unpaired) electrons. The summed E-state index contributed by atoms with van der Waals surface area (Å²) in [6.07, 6.45) is 0.927. The summed E-state index contributed by atoms with van der Waals surface area (Å²) in [5, 5.41) is 0. The minimum absolute atomic E-state index is 0.784. The first-order chi connectivity index (χ1) is 10.8. The third-order valence-electron chi connectivity index (χ3n) is 4.37. The molecule has 0 unspecified atom stereocenters. The first-order valence-electron chi connectivity index (χ1n) is 7.83. The van der Waals surface area contributed by atoms with E-state index in [1.54, 1.807) is 0 Å². The van der Waals surface area contributed by atoms with E-state index >= 15 is 0 Å². The number of rotatable bonds is 4. The summed E-state index contributed by atoms with van der Waals surface area (Å²) in [4.78, 5) is 15.8. The number of hydrogen-bond acceptors (Lipinski definition) is 3. The number of aryl methyl sites for hydroxylation is 1. The van der Waals surface area contributed by atoms with E-state index in [0.717, 1.165) is 50.1 Å². The van der Waals surface area contributed by atoms with Crippen LogP contribution in [0.15, 0.2) is 48.5 Å². The number of piperazine rings is 1. The van der Waals surface area contributed by atoms with Crippen LogP contribution in [0.2, 0.25) is 0 Å². The van der Waals surface area contributed by atoms with Crippen LogP contribution in [0.4, 0.5) is 5.69 Å². The van der Waals surface area contributed by atoms with Crippen molar-refractivity contribution >= 4 is 12.0 Å². The second-order valence-corrected chi connectivity index (χ2v) is 5.91. The van der Waals surface area contributed by atoms with E-state index in [1.807, 2.05) is 13.0 Å². The van der Waals surface area contributed by atoms with E-state index in [-0.39, 0.29) is 0 Å². The third-order valence-corrected chi connectivity index (χ3v) is 4.37. The van der Waals surface area contributed by atoms with Gasteiger partial charge in [0.2, 0.25) is 0 Å². The van der Waals surface area contributed by atoms with Crippen LogP contribution in [0.3, 0.4) is 0 Å². The minimum atomic E-state index is 0.784. The number of nitrogens with zero attached hydrogens (tertiary/aromatic N) is 2. The number of hydrogen-bond donors (Lipinski definition) is 0. The molecule has 0 spiro atoms. The SMILES string of the molecule is Cc1cc(N2CCN(Cc3ccccc3)CC2)ccc1C=O. The second kappa shape index (κ2) is 6.75. The molecular formula is C19H22N2O. The predicted octanol–water partition coefficient (Wildman–Crippen LogP) is 3.13. The highest BCUT2D eigenvalue weighted by molar-refractivity contribution is 5.78. The Morgan fingerprint density at radius 1 is 1.00 bits per heavy atom. The fourth-order valence-corrected chi connectivity index (χ4v) is 2.99. The van der Waals surface area contributed by atoms with E-state index in [4.69, 9.17) is 0 Å². The molecule has 1 heterocycles. The van der Waals surface area contributed by atoms with Crippen molar-refractivity contribution in [2.75, 3.05) is 31.1 Å². The van der Waals surface area contributed by atoms with Crippen molar-refractivity contribution in [2.45, 2.75) is 13.5 Å². The Kier molecular flexibility index (Phi) is 4.54. The van der Waals surface area contributed by atoms with Gasteiger partial charge in [0.1, 0.15) is 6.29 Å². The lowest BCUT2D eigenvalue weighted by molar-refractivity contribution is 0.112. The van der Waals surface area contributed by atoms with E-state index < -0.39 is 0 Å². The Labute approximate surface area is 132 Å². The van der Waals surface area contributed by atoms with Gasteiger partial charge in [0.15, 0.2) is 0 Å². The number of carbonyl (C=O) groups excluding carboxylic acids is 1. The zero-order chi connectivity index (χ0) is 15.4. The molecule has 1 aliphatic rings. The van der Waals surface area contributed by atoms with E-state index in [1.165, 1.54) is 11.3 Å². The topological polar surface area (TPSA) is 23.6 Å². The molecule has 1 saturated heterocycles. The number of carbonyl (C=O) groups is 1. The molecule has 2 aromatic carbocycles. The Morgan fingerprint density at radius 3 is 2.36 bits per heavy atom. The summed E-state index contributed by atoms with van der Waals surface area (Å²) >= 11 is 0. The molecule has 0 amide bonds. The molecule has 2 aromatic rings. The second-order valence-electron chi connectivity index (χ2n) is 5.91. The first kappa shape index (κ1) is 14.8. The van der Waals surface area contributed by atoms with Gasteiger partial charge < -0.3 is 4.90 Å². The van der Waals surface area contributed by atoms with Crippen molar-refractivity contribution in [3.05, 3.63) is 65.2 Å². The summed E-state index contributed by atoms with van der Waals surface area (Å²) in [5.41, 5.74) is 4.44. The molecule has 1 aliphatic heterocycles. The molecule has 1 fully saturated rings. The van der Waals surface area contributed by atoms with Crippen LogP contribution in [0.25, 0.3) is 0 Å². The monoisotopic (exact) mass is 294 g/mol. The zero-order valence-corrected chi connectivity index (χ0v) is 13.0. The molecular weight excluding hydrogens is 272 g/mol. The van der Waals surface area contributed by atoms with Crippen LogP contribution in [0.1, 0.15) is 21.5 Å². The average Bonchev–Trinajstić information content (AvgIpc) is 2.56. The van der Waals surface area contributed by atoms with Gasteiger partial charge in [0.25, 0.3) is 0 Å². The molecule has 0 aliphatic carbocycles. The Balaban J connectivity index is 1.59. The highest BCUT2D eigenvalue weighted by Crippen LogP contribution is 2.20. The van der Waals surface area contributed by atoms with Gasteiger partial charge in [-0.15, -0.1) is 0 Å². The highest BCUT2D eigenvalue weighted by Gasteiger charge is 2.17. The van der Waals surface area contributed by atoms with Crippen molar-refractivity contribution in [1.82, 2.24) is 4.90 Å². The molecule has 3 rings (SSSR count). The first-order valence-corrected chi connectivity index (χ1v) is 7.83. The van der Waals surface area contributed by atoms with Crippen molar-refractivity contribution in [2.24, 2.45) is 0 Å². The van der Waals surface area contributed by atoms with Gasteiger partial charge in [-0.25, -0.2) is 0 Å². The van der Waals surface area contributed by atoms with Crippen molar-refractivity contribution in [3.63, 3.8) is 0 Å². The minimum Gasteiger partial charge on any atom is -0.369 e. The molecule has 114 valence electrons. The maximum atomic E-state index is 10.9. The molecule has 0 aromatic heterocycles. The van der Waals surface area contributed by atoms with Crippen LogP contribution < -0.4 is 4.90 Å². The molecule has 3 heteroatoms. The van der Waals surface area contributed by atoms with Crippen LogP contribution in [-0.4, -0.2) is 37.4 Å². The molecule has 3 nitrogen and oxygen atoms in total. The highest BCUT2D eigenvalue weighted by atomic mass is 16.1.